The third kappa shape index (κ3) is 4.79. The van der Waals surface area contributed by atoms with Crippen LogP contribution in [0.15, 0.2) is 36.4 Å². The molecule has 1 aliphatic heterocycles. The van der Waals surface area contributed by atoms with Gasteiger partial charge in [0.25, 0.3) is 5.69 Å². The van der Waals surface area contributed by atoms with Crippen LogP contribution < -0.4 is 5.32 Å². The molecule has 1 amide bonds. The molecule has 3 rings (SSSR count). The molecule has 1 N–H and O–H groups in total. The molecule has 1 saturated heterocycles. The van der Waals surface area contributed by atoms with Crippen molar-refractivity contribution in [2.75, 3.05) is 18.4 Å². The molecule has 1 fully saturated rings. The number of benzene rings is 2. The number of nitro groups is 1. The van der Waals surface area contributed by atoms with Gasteiger partial charge in [0.1, 0.15) is 5.82 Å². The number of nitrogens with one attached hydrogen (secondary N) is 1. The number of likely N-dealkylation sites (tertiary alicyclic amines) is 1. The molecule has 0 aliphatic carbocycles. The van der Waals surface area contributed by atoms with Crippen LogP contribution in [0.5, 0.6) is 0 Å². The van der Waals surface area contributed by atoms with Crippen molar-refractivity contribution in [2.45, 2.75) is 19.4 Å². The molecule has 1 heterocycles. The number of carbonyl (C=O) groups excluding carboxylic acids is 1. The van der Waals surface area contributed by atoms with Crippen molar-refractivity contribution in [2.24, 2.45) is 5.92 Å². The summed E-state index contributed by atoms with van der Waals surface area (Å²) in [5, 5.41) is 14.2. The highest BCUT2D eigenvalue weighted by atomic mass is 35.5. The van der Waals surface area contributed by atoms with Crippen molar-refractivity contribution < 1.29 is 14.1 Å². The minimum Gasteiger partial charge on any atom is -0.324 e. The second kappa shape index (κ2) is 8.86. The van der Waals surface area contributed by atoms with Crippen molar-refractivity contribution in [3.63, 3.8) is 0 Å². The summed E-state index contributed by atoms with van der Waals surface area (Å²) in [5.74, 6) is -0.983. The van der Waals surface area contributed by atoms with E-state index in [-0.39, 0.29) is 34.0 Å². The number of amides is 1. The summed E-state index contributed by atoms with van der Waals surface area (Å²) in [4.78, 5) is 25.0. The van der Waals surface area contributed by atoms with E-state index in [2.05, 4.69) is 5.32 Å². The van der Waals surface area contributed by atoms with Crippen molar-refractivity contribution in [3.8, 4) is 0 Å². The van der Waals surface area contributed by atoms with E-state index in [4.69, 9.17) is 23.2 Å². The molecular weight excluding hydrogens is 408 g/mol. The van der Waals surface area contributed by atoms with Gasteiger partial charge in [-0.2, -0.15) is 0 Å². The maximum absolute atomic E-state index is 14.0. The molecule has 0 radical (unpaired) electrons. The minimum atomic E-state index is -0.549. The third-order valence-corrected chi connectivity index (χ3v) is 5.42. The fourth-order valence-corrected chi connectivity index (χ4v) is 3.67. The Kier molecular flexibility index (Phi) is 6.49. The Morgan fingerprint density at radius 1 is 1.29 bits per heavy atom. The number of halogens is 3. The number of nitro benzene ring substituents is 1. The first-order valence-electron chi connectivity index (χ1n) is 8.75. The van der Waals surface area contributed by atoms with Crippen LogP contribution in [0.25, 0.3) is 0 Å². The van der Waals surface area contributed by atoms with Gasteiger partial charge >= 0.3 is 0 Å². The number of anilines is 1. The maximum atomic E-state index is 14.0. The highest BCUT2D eigenvalue weighted by molar-refractivity contribution is 6.33. The molecule has 2 aromatic carbocycles. The van der Waals surface area contributed by atoms with Gasteiger partial charge < -0.3 is 5.32 Å². The summed E-state index contributed by atoms with van der Waals surface area (Å²) in [6, 6.07) is 8.44. The zero-order valence-electron chi connectivity index (χ0n) is 14.8. The number of non-ortho nitro benzene ring substituents is 1. The fourth-order valence-electron chi connectivity index (χ4n) is 3.28. The van der Waals surface area contributed by atoms with Gasteiger partial charge in [-0.1, -0.05) is 29.3 Å². The molecule has 1 unspecified atom stereocenters. The number of rotatable bonds is 5. The third-order valence-electron chi connectivity index (χ3n) is 4.74. The van der Waals surface area contributed by atoms with Crippen molar-refractivity contribution in [1.29, 1.82) is 0 Å². The quantitative estimate of drug-likeness (QED) is 0.546. The number of piperidine rings is 1. The predicted octanol–water partition coefficient (Wildman–Crippen LogP) is 4.89. The average Bonchev–Trinajstić information content (AvgIpc) is 2.66. The summed E-state index contributed by atoms with van der Waals surface area (Å²) >= 11 is 12.1. The lowest BCUT2D eigenvalue weighted by Crippen LogP contribution is -2.40. The summed E-state index contributed by atoms with van der Waals surface area (Å²) in [5.41, 5.74) is 0.459. The van der Waals surface area contributed by atoms with Gasteiger partial charge in [-0.15, -0.1) is 0 Å². The Labute approximate surface area is 171 Å². The van der Waals surface area contributed by atoms with Crippen LogP contribution in [0.2, 0.25) is 10.0 Å². The summed E-state index contributed by atoms with van der Waals surface area (Å²) in [6.07, 6.45) is 1.44. The van der Waals surface area contributed by atoms with E-state index < -0.39 is 4.92 Å². The monoisotopic (exact) mass is 425 g/mol. The number of nitrogens with zero attached hydrogens (tertiary/aromatic N) is 2. The first-order valence-corrected chi connectivity index (χ1v) is 9.51. The molecular formula is C19H18Cl2FN3O3. The second-order valence-electron chi connectivity index (χ2n) is 6.68. The zero-order chi connectivity index (χ0) is 20.3. The molecule has 0 bridgehead atoms. The van der Waals surface area contributed by atoms with Gasteiger partial charge in [-0.3, -0.25) is 19.8 Å². The van der Waals surface area contributed by atoms with E-state index in [1.54, 1.807) is 12.1 Å². The summed E-state index contributed by atoms with van der Waals surface area (Å²) in [6.45, 7) is 1.47. The highest BCUT2D eigenvalue weighted by Crippen LogP contribution is 2.29. The molecule has 148 valence electrons. The predicted molar refractivity (Wildman–Crippen MR) is 106 cm³/mol. The molecule has 1 aliphatic rings. The van der Waals surface area contributed by atoms with Crippen LogP contribution in [0.3, 0.4) is 0 Å². The number of hydrogen-bond donors (Lipinski definition) is 1. The zero-order valence-corrected chi connectivity index (χ0v) is 16.3. The van der Waals surface area contributed by atoms with Crippen LogP contribution in [0.4, 0.5) is 15.8 Å². The maximum Gasteiger partial charge on any atom is 0.271 e. The van der Waals surface area contributed by atoms with E-state index in [0.717, 1.165) is 13.0 Å². The van der Waals surface area contributed by atoms with Crippen LogP contribution in [-0.4, -0.2) is 28.8 Å². The van der Waals surface area contributed by atoms with Gasteiger partial charge in [0.05, 0.1) is 21.6 Å². The molecule has 0 spiro atoms. The van der Waals surface area contributed by atoms with Crippen LogP contribution in [-0.2, 0) is 11.3 Å². The fraction of sp³-hybridized carbons (Fsp3) is 0.316. The van der Waals surface area contributed by atoms with E-state index in [0.29, 0.717) is 30.1 Å². The molecule has 0 saturated carbocycles. The Bertz CT molecular complexity index is 890. The van der Waals surface area contributed by atoms with E-state index in [1.807, 2.05) is 4.90 Å². The first kappa shape index (κ1) is 20.5. The molecule has 0 aromatic heterocycles. The Balaban J connectivity index is 1.68. The van der Waals surface area contributed by atoms with Gasteiger partial charge in [-0.25, -0.2) is 4.39 Å². The normalized spacial score (nSPS) is 17.3. The SMILES string of the molecule is O=C(Nc1cc([N+](=O)[O-])ccc1Cl)C1CCCN(Cc2c(F)cccc2Cl)C1. The second-order valence-corrected chi connectivity index (χ2v) is 7.50. The standard InChI is InChI=1S/C19H18Cl2FN3O3/c20-15-4-1-5-17(22)14(15)11-24-8-2-3-12(10-24)19(26)23-18-9-13(25(27)28)6-7-16(18)21/h1,4-7,9,12H,2-3,8,10-11H2,(H,23,26). The summed E-state index contributed by atoms with van der Waals surface area (Å²) < 4.78 is 14.0. The van der Waals surface area contributed by atoms with Crippen molar-refractivity contribution >= 4 is 40.5 Å². The van der Waals surface area contributed by atoms with Crippen molar-refractivity contribution in [1.82, 2.24) is 4.90 Å². The minimum absolute atomic E-state index is 0.154. The highest BCUT2D eigenvalue weighted by Gasteiger charge is 2.27. The lowest BCUT2D eigenvalue weighted by atomic mass is 9.96. The van der Waals surface area contributed by atoms with Crippen LogP contribution in [0.1, 0.15) is 18.4 Å². The number of hydrogen-bond acceptors (Lipinski definition) is 4. The van der Waals surface area contributed by atoms with E-state index >= 15 is 0 Å². The Morgan fingerprint density at radius 2 is 2.07 bits per heavy atom. The molecule has 9 heteroatoms. The Morgan fingerprint density at radius 3 is 2.79 bits per heavy atom. The Hall–Kier alpha value is -2.22. The van der Waals surface area contributed by atoms with Gasteiger partial charge in [-0.05, 0) is 37.6 Å². The van der Waals surface area contributed by atoms with Crippen molar-refractivity contribution in [3.05, 3.63) is 67.9 Å². The largest absolute Gasteiger partial charge is 0.324 e. The van der Waals surface area contributed by atoms with Gasteiger partial charge in [0.15, 0.2) is 0 Å². The topological polar surface area (TPSA) is 75.5 Å². The molecule has 28 heavy (non-hydrogen) atoms. The van der Waals surface area contributed by atoms with Crippen LogP contribution >= 0.6 is 23.2 Å². The van der Waals surface area contributed by atoms with Crippen LogP contribution in [0, 0.1) is 21.8 Å². The lowest BCUT2D eigenvalue weighted by molar-refractivity contribution is -0.384. The molecule has 1 atom stereocenters. The van der Waals surface area contributed by atoms with E-state index in [1.165, 1.54) is 24.3 Å². The molecule has 6 nitrogen and oxygen atoms in total. The average molecular weight is 426 g/mol. The van der Waals surface area contributed by atoms with Gasteiger partial charge in [0, 0.05) is 35.8 Å². The lowest BCUT2D eigenvalue weighted by Gasteiger charge is -2.32. The first-order chi connectivity index (χ1) is 13.3. The smallest absolute Gasteiger partial charge is 0.271 e. The number of carbonyl (C=O) groups is 1. The van der Waals surface area contributed by atoms with E-state index in [9.17, 15) is 19.3 Å². The van der Waals surface area contributed by atoms with Gasteiger partial charge in [0.2, 0.25) is 5.91 Å². The summed E-state index contributed by atoms with van der Waals surface area (Å²) in [7, 11) is 0. The molecule has 2 aromatic rings.